The third-order valence-corrected chi connectivity index (χ3v) is 4.05. The van der Waals surface area contributed by atoms with Crippen LogP contribution in [-0.2, 0) is 4.79 Å². The third-order valence-electron chi connectivity index (χ3n) is 2.89. The number of thioether (sulfide) groups is 1. The quantitative estimate of drug-likeness (QED) is 0.799. The Bertz CT molecular complexity index is 371. The minimum atomic E-state index is 0.188. The SMILES string of the molecule is CN(C(=O)C1CCSC1)c1ccc(N)cc1. The monoisotopic (exact) mass is 236 g/mol. The van der Waals surface area contributed by atoms with E-state index < -0.39 is 0 Å². The summed E-state index contributed by atoms with van der Waals surface area (Å²) in [6.45, 7) is 0. The minimum Gasteiger partial charge on any atom is -0.399 e. The number of nitrogens with two attached hydrogens (primary N) is 1. The van der Waals surface area contributed by atoms with E-state index in [1.165, 1.54) is 0 Å². The van der Waals surface area contributed by atoms with Crippen LogP contribution in [-0.4, -0.2) is 24.5 Å². The number of amides is 1. The van der Waals surface area contributed by atoms with Crippen molar-refractivity contribution in [2.75, 3.05) is 29.2 Å². The first kappa shape index (κ1) is 11.3. The highest BCUT2D eigenvalue weighted by Gasteiger charge is 2.26. The van der Waals surface area contributed by atoms with E-state index in [9.17, 15) is 4.79 Å². The van der Waals surface area contributed by atoms with Crippen LogP contribution in [0.15, 0.2) is 24.3 Å². The molecule has 0 saturated carbocycles. The van der Waals surface area contributed by atoms with Crippen molar-refractivity contribution in [2.24, 2.45) is 5.92 Å². The van der Waals surface area contributed by atoms with Gasteiger partial charge in [0.05, 0.1) is 0 Å². The molecule has 0 aromatic heterocycles. The molecule has 0 radical (unpaired) electrons. The summed E-state index contributed by atoms with van der Waals surface area (Å²) in [5.41, 5.74) is 7.25. The number of hydrogen-bond acceptors (Lipinski definition) is 3. The van der Waals surface area contributed by atoms with Crippen LogP contribution < -0.4 is 10.6 Å². The van der Waals surface area contributed by atoms with Crippen molar-refractivity contribution in [3.63, 3.8) is 0 Å². The van der Waals surface area contributed by atoms with Crippen LogP contribution in [0.5, 0.6) is 0 Å². The Labute approximate surface area is 100.0 Å². The first-order chi connectivity index (χ1) is 7.68. The zero-order valence-electron chi connectivity index (χ0n) is 9.35. The molecule has 2 N–H and O–H groups in total. The molecule has 0 bridgehead atoms. The average Bonchev–Trinajstić information content (AvgIpc) is 2.81. The van der Waals surface area contributed by atoms with Gasteiger partial charge in [-0.3, -0.25) is 4.79 Å². The molecule has 2 rings (SSSR count). The summed E-state index contributed by atoms with van der Waals surface area (Å²) < 4.78 is 0. The second-order valence-electron chi connectivity index (χ2n) is 4.05. The fourth-order valence-corrected chi connectivity index (χ4v) is 3.04. The fourth-order valence-electron chi connectivity index (χ4n) is 1.83. The highest BCUT2D eigenvalue weighted by atomic mass is 32.2. The van der Waals surface area contributed by atoms with Crippen LogP contribution in [0.2, 0.25) is 0 Å². The summed E-state index contributed by atoms with van der Waals surface area (Å²) in [6, 6.07) is 7.41. The van der Waals surface area contributed by atoms with Gasteiger partial charge < -0.3 is 10.6 Å². The highest BCUT2D eigenvalue weighted by molar-refractivity contribution is 7.99. The maximum atomic E-state index is 12.1. The molecular weight excluding hydrogens is 220 g/mol. The molecule has 4 heteroatoms. The molecule has 3 nitrogen and oxygen atoms in total. The highest BCUT2D eigenvalue weighted by Crippen LogP contribution is 2.26. The lowest BCUT2D eigenvalue weighted by Gasteiger charge is -2.20. The molecule has 1 unspecified atom stereocenters. The van der Waals surface area contributed by atoms with Gasteiger partial charge in [-0.05, 0) is 36.4 Å². The molecule has 86 valence electrons. The van der Waals surface area contributed by atoms with E-state index in [1.807, 2.05) is 43.1 Å². The number of carbonyl (C=O) groups excluding carboxylic acids is 1. The van der Waals surface area contributed by atoms with Gasteiger partial charge in [-0.15, -0.1) is 0 Å². The molecule has 1 aromatic carbocycles. The molecule has 1 aromatic rings. The van der Waals surface area contributed by atoms with Gasteiger partial charge in [0.1, 0.15) is 0 Å². The van der Waals surface area contributed by atoms with Crippen molar-refractivity contribution in [3.8, 4) is 0 Å². The maximum absolute atomic E-state index is 12.1. The lowest BCUT2D eigenvalue weighted by atomic mass is 10.1. The summed E-state index contributed by atoms with van der Waals surface area (Å²) in [7, 11) is 1.83. The van der Waals surface area contributed by atoms with Crippen LogP contribution in [0, 0.1) is 5.92 Å². The normalized spacial score (nSPS) is 19.7. The van der Waals surface area contributed by atoms with Gasteiger partial charge in [-0.2, -0.15) is 11.8 Å². The predicted molar refractivity (Wildman–Crippen MR) is 69.7 cm³/mol. The van der Waals surface area contributed by atoms with E-state index in [1.54, 1.807) is 4.90 Å². The Morgan fingerprint density at radius 3 is 2.69 bits per heavy atom. The molecular formula is C12H16N2OS. The van der Waals surface area contributed by atoms with E-state index in [0.717, 1.165) is 29.3 Å². The Kier molecular flexibility index (Phi) is 3.39. The van der Waals surface area contributed by atoms with Crippen LogP contribution in [0.1, 0.15) is 6.42 Å². The number of nitrogen functional groups attached to an aromatic ring is 1. The number of nitrogens with zero attached hydrogens (tertiary/aromatic N) is 1. The van der Waals surface area contributed by atoms with Crippen LogP contribution >= 0.6 is 11.8 Å². The molecule has 0 spiro atoms. The smallest absolute Gasteiger partial charge is 0.230 e. The molecule has 1 aliphatic rings. The summed E-state index contributed by atoms with van der Waals surface area (Å²) >= 11 is 1.86. The first-order valence-corrected chi connectivity index (χ1v) is 6.55. The molecule has 1 aliphatic heterocycles. The van der Waals surface area contributed by atoms with E-state index >= 15 is 0 Å². The number of anilines is 2. The molecule has 1 fully saturated rings. The molecule has 0 aliphatic carbocycles. The number of hydrogen-bond donors (Lipinski definition) is 1. The lowest BCUT2D eigenvalue weighted by Crippen LogP contribution is -2.32. The van der Waals surface area contributed by atoms with Gasteiger partial charge in [0.15, 0.2) is 0 Å². The van der Waals surface area contributed by atoms with Gasteiger partial charge in [0.25, 0.3) is 0 Å². The number of benzene rings is 1. The fraction of sp³-hybridized carbons (Fsp3) is 0.417. The second-order valence-corrected chi connectivity index (χ2v) is 5.20. The topological polar surface area (TPSA) is 46.3 Å². The minimum absolute atomic E-state index is 0.188. The van der Waals surface area contributed by atoms with E-state index in [4.69, 9.17) is 5.73 Å². The van der Waals surface area contributed by atoms with Crippen molar-refractivity contribution in [2.45, 2.75) is 6.42 Å². The number of rotatable bonds is 2. The summed E-state index contributed by atoms with van der Waals surface area (Å²) in [5.74, 6) is 2.46. The van der Waals surface area contributed by atoms with Gasteiger partial charge in [-0.1, -0.05) is 0 Å². The molecule has 16 heavy (non-hydrogen) atoms. The van der Waals surface area contributed by atoms with Gasteiger partial charge in [-0.25, -0.2) is 0 Å². The van der Waals surface area contributed by atoms with E-state index in [2.05, 4.69) is 0 Å². The Balaban J connectivity index is 2.08. The van der Waals surface area contributed by atoms with Crippen LogP contribution in [0.3, 0.4) is 0 Å². The standard InChI is InChI=1S/C12H16N2OS/c1-14(11-4-2-10(13)3-5-11)12(15)9-6-7-16-8-9/h2-5,9H,6-8,13H2,1H3. The Morgan fingerprint density at radius 2 is 2.12 bits per heavy atom. The predicted octanol–water partition coefficient (Wildman–Crippen LogP) is 1.98. The van der Waals surface area contributed by atoms with Crippen molar-refractivity contribution in [1.29, 1.82) is 0 Å². The molecule has 1 amide bonds. The summed E-state index contributed by atoms with van der Waals surface area (Å²) in [4.78, 5) is 13.8. The maximum Gasteiger partial charge on any atom is 0.230 e. The van der Waals surface area contributed by atoms with Crippen LogP contribution in [0.25, 0.3) is 0 Å². The molecule has 1 atom stereocenters. The van der Waals surface area contributed by atoms with Gasteiger partial charge in [0.2, 0.25) is 5.91 Å². The lowest BCUT2D eigenvalue weighted by molar-refractivity contribution is -0.121. The van der Waals surface area contributed by atoms with Crippen molar-refractivity contribution < 1.29 is 4.79 Å². The van der Waals surface area contributed by atoms with Crippen molar-refractivity contribution in [1.82, 2.24) is 0 Å². The largest absolute Gasteiger partial charge is 0.399 e. The molecule has 1 heterocycles. The average molecular weight is 236 g/mol. The summed E-state index contributed by atoms with van der Waals surface area (Å²) in [5, 5.41) is 0. The van der Waals surface area contributed by atoms with E-state index in [-0.39, 0.29) is 11.8 Å². The summed E-state index contributed by atoms with van der Waals surface area (Å²) in [6.07, 6.45) is 1.00. The van der Waals surface area contributed by atoms with Crippen molar-refractivity contribution in [3.05, 3.63) is 24.3 Å². The third kappa shape index (κ3) is 2.32. The van der Waals surface area contributed by atoms with Gasteiger partial charge in [0, 0.05) is 30.1 Å². The zero-order valence-corrected chi connectivity index (χ0v) is 10.2. The van der Waals surface area contributed by atoms with Gasteiger partial charge >= 0.3 is 0 Å². The first-order valence-electron chi connectivity index (χ1n) is 5.39. The van der Waals surface area contributed by atoms with E-state index in [0.29, 0.717) is 0 Å². The second kappa shape index (κ2) is 4.78. The van der Waals surface area contributed by atoms with Crippen molar-refractivity contribution >= 4 is 29.0 Å². The molecule has 1 saturated heterocycles. The Morgan fingerprint density at radius 1 is 1.44 bits per heavy atom. The zero-order chi connectivity index (χ0) is 11.5. The number of carbonyl (C=O) groups is 1. The Hall–Kier alpha value is -1.16. The van der Waals surface area contributed by atoms with Crippen LogP contribution in [0.4, 0.5) is 11.4 Å².